The fraction of sp³-hybridized carbons (Fsp3) is 0.889. The fourth-order valence-electron chi connectivity index (χ4n) is 2.01. The normalized spacial score (nSPS) is 30.2. The van der Waals surface area contributed by atoms with E-state index < -0.39 is 6.23 Å². The Labute approximate surface area is 79.1 Å². The average Bonchev–Trinajstić information content (AvgIpc) is 2.24. The number of amides is 1. The predicted molar refractivity (Wildman–Crippen MR) is 49.6 cm³/mol. The molecule has 1 aliphatic rings. The zero-order valence-corrected chi connectivity index (χ0v) is 8.69. The van der Waals surface area contributed by atoms with Gasteiger partial charge in [0, 0.05) is 25.4 Å². The van der Waals surface area contributed by atoms with Crippen LogP contribution >= 0.6 is 0 Å². The number of carbonyl (C=O) groups excluding carboxylic acids is 1. The van der Waals surface area contributed by atoms with Gasteiger partial charge in [0.15, 0.2) is 0 Å². The monoisotopic (exact) mass is 186 g/mol. The zero-order valence-electron chi connectivity index (χ0n) is 8.69. The Hall–Kier alpha value is -0.610. The Kier molecular flexibility index (Phi) is 2.93. The number of hydrazine groups is 1. The van der Waals surface area contributed by atoms with E-state index >= 15 is 0 Å². The summed E-state index contributed by atoms with van der Waals surface area (Å²) in [5, 5.41) is 13.0. The van der Waals surface area contributed by atoms with Crippen LogP contribution in [0.25, 0.3) is 0 Å². The van der Waals surface area contributed by atoms with Crippen molar-refractivity contribution in [1.29, 1.82) is 0 Å². The van der Waals surface area contributed by atoms with Gasteiger partial charge in [0.2, 0.25) is 5.91 Å². The largest absolute Gasteiger partial charge is 0.372 e. The highest BCUT2D eigenvalue weighted by molar-refractivity contribution is 5.73. The molecule has 1 amide bonds. The van der Waals surface area contributed by atoms with Crippen LogP contribution in [0.5, 0.6) is 0 Å². The maximum absolute atomic E-state index is 11.2. The molecule has 0 spiro atoms. The van der Waals surface area contributed by atoms with Crippen LogP contribution in [-0.2, 0) is 4.79 Å². The van der Waals surface area contributed by atoms with Crippen LogP contribution in [0.3, 0.4) is 0 Å². The molecule has 1 rings (SSSR count). The molecule has 1 heterocycles. The highest BCUT2D eigenvalue weighted by Gasteiger charge is 2.38. The first-order valence-corrected chi connectivity index (χ1v) is 4.71. The second-order valence-corrected chi connectivity index (χ2v) is 3.90. The van der Waals surface area contributed by atoms with Gasteiger partial charge in [-0.3, -0.25) is 4.79 Å². The van der Waals surface area contributed by atoms with Crippen molar-refractivity contribution in [2.75, 3.05) is 0 Å². The van der Waals surface area contributed by atoms with E-state index in [1.165, 1.54) is 11.9 Å². The molecule has 13 heavy (non-hydrogen) atoms. The summed E-state index contributed by atoms with van der Waals surface area (Å²) in [7, 11) is 0. The number of hydrogen-bond donors (Lipinski definition) is 1. The molecule has 0 aliphatic carbocycles. The minimum Gasteiger partial charge on any atom is -0.372 e. The average molecular weight is 186 g/mol. The maximum Gasteiger partial charge on any atom is 0.236 e. The Balaban J connectivity index is 2.83. The first kappa shape index (κ1) is 10.5. The summed E-state index contributed by atoms with van der Waals surface area (Å²) in [6.45, 7) is 7.54. The van der Waals surface area contributed by atoms with Gasteiger partial charge in [-0.25, -0.2) is 10.0 Å². The molecular weight excluding hydrogens is 168 g/mol. The van der Waals surface area contributed by atoms with E-state index in [0.717, 1.165) is 0 Å². The number of aliphatic hydroxyl groups excluding tert-OH is 1. The molecule has 0 radical (unpaired) electrons. The Morgan fingerprint density at radius 1 is 1.54 bits per heavy atom. The topological polar surface area (TPSA) is 43.8 Å². The number of hydrogen-bond acceptors (Lipinski definition) is 3. The lowest BCUT2D eigenvalue weighted by molar-refractivity contribution is -0.163. The first-order chi connectivity index (χ1) is 5.95. The van der Waals surface area contributed by atoms with Gasteiger partial charge in [-0.05, 0) is 20.8 Å². The standard InChI is InChI=1S/C9H18N2O2/c1-6(2)10-7(3)5-9(13)11(10)8(4)12/h6-7,9,13H,5H2,1-4H3. The summed E-state index contributed by atoms with van der Waals surface area (Å²) < 4.78 is 0. The van der Waals surface area contributed by atoms with E-state index in [9.17, 15) is 9.90 Å². The van der Waals surface area contributed by atoms with Crippen molar-refractivity contribution in [1.82, 2.24) is 10.0 Å². The maximum atomic E-state index is 11.2. The molecule has 1 N–H and O–H groups in total. The molecule has 1 saturated heterocycles. The van der Waals surface area contributed by atoms with E-state index in [4.69, 9.17) is 0 Å². The summed E-state index contributed by atoms with van der Waals surface area (Å²) in [6, 6.07) is 0.481. The predicted octanol–water partition coefficient (Wildman–Crippen LogP) is 0.571. The quantitative estimate of drug-likeness (QED) is 0.651. The van der Waals surface area contributed by atoms with E-state index in [0.29, 0.717) is 6.42 Å². The molecule has 0 aromatic rings. The van der Waals surface area contributed by atoms with Crippen LogP contribution in [0.4, 0.5) is 0 Å². The number of rotatable bonds is 1. The molecule has 0 bridgehead atoms. The van der Waals surface area contributed by atoms with E-state index in [2.05, 4.69) is 0 Å². The van der Waals surface area contributed by atoms with Crippen LogP contribution in [0.2, 0.25) is 0 Å². The lowest BCUT2D eigenvalue weighted by Crippen LogP contribution is -2.49. The zero-order chi connectivity index (χ0) is 10.2. The van der Waals surface area contributed by atoms with Crippen molar-refractivity contribution >= 4 is 5.91 Å². The smallest absolute Gasteiger partial charge is 0.236 e. The molecule has 0 aromatic heterocycles. The SMILES string of the molecule is CC(=O)N1C(O)CC(C)N1C(C)C. The number of nitrogens with zero attached hydrogens (tertiary/aromatic N) is 2. The highest BCUT2D eigenvalue weighted by Crippen LogP contribution is 2.25. The lowest BCUT2D eigenvalue weighted by atomic mass is 10.2. The summed E-state index contributed by atoms with van der Waals surface area (Å²) in [4.78, 5) is 11.2. The Bertz CT molecular complexity index is 206. The molecule has 1 aliphatic heterocycles. The second-order valence-electron chi connectivity index (χ2n) is 3.90. The van der Waals surface area contributed by atoms with E-state index in [-0.39, 0.29) is 18.0 Å². The van der Waals surface area contributed by atoms with Crippen molar-refractivity contribution in [3.63, 3.8) is 0 Å². The minimum atomic E-state index is -0.644. The number of carbonyl (C=O) groups is 1. The van der Waals surface area contributed by atoms with Crippen LogP contribution in [0, 0.1) is 0 Å². The van der Waals surface area contributed by atoms with Crippen molar-refractivity contribution in [2.45, 2.75) is 52.4 Å². The first-order valence-electron chi connectivity index (χ1n) is 4.71. The van der Waals surface area contributed by atoms with Crippen molar-refractivity contribution in [3.8, 4) is 0 Å². The molecule has 76 valence electrons. The van der Waals surface area contributed by atoms with Crippen molar-refractivity contribution in [2.24, 2.45) is 0 Å². The second kappa shape index (κ2) is 3.64. The molecule has 4 nitrogen and oxygen atoms in total. The Morgan fingerprint density at radius 3 is 2.38 bits per heavy atom. The summed E-state index contributed by atoms with van der Waals surface area (Å²) >= 11 is 0. The van der Waals surface area contributed by atoms with Crippen LogP contribution in [-0.4, -0.2) is 39.3 Å². The number of aliphatic hydroxyl groups is 1. The summed E-state index contributed by atoms with van der Waals surface area (Å²) in [5.74, 6) is -0.0921. The molecule has 0 saturated carbocycles. The molecule has 4 heteroatoms. The molecule has 0 aromatic carbocycles. The van der Waals surface area contributed by atoms with Gasteiger partial charge in [-0.15, -0.1) is 0 Å². The minimum absolute atomic E-state index is 0.0921. The summed E-state index contributed by atoms with van der Waals surface area (Å²) in [6.07, 6.45) is -0.00694. The highest BCUT2D eigenvalue weighted by atomic mass is 16.3. The van der Waals surface area contributed by atoms with Crippen molar-refractivity contribution in [3.05, 3.63) is 0 Å². The van der Waals surface area contributed by atoms with Crippen LogP contribution in [0.1, 0.15) is 34.1 Å². The third-order valence-corrected chi connectivity index (χ3v) is 2.39. The molecular formula is C9H18N2O2. The van der Waals surface area contributed by atoms with Gasteiger partial charge in [0.25, 0.3) is 0 Å². The van der Waals surface area contributed by atoms with E-state index in [1.807, 2.05) is 25.8 Å². The van der Waals surface area contributed by atoms with Gasteiger partial charge in [-0.1, -0.05) is 0 Å². The third-order valence-electron chi connectivity index (χ3n) is 2.39. The van der Waals surface area contributed by atoms with Crippen LogP contribution in [0.15, 0.2) is 0 Å². The van der Waals surface area contributed by atoms with Gasteiger partial charge < -0.3 is 5.11 Å². The fourth-order valence-corrected chi connectivity index (χ4v) is 2.01. The van der Waals surface area contributed by atoms with Crippen LogP contribution < -0.4 is 0 Å². The molecule has 2 unspecified atom stereocenters. The summed E-state index contributed by atoms with van der Waals surface area (Å²) in [5.41, 5.74) is 0. The molecule has 1 fully saturated rings. The van der Waals surface area contributed by atoms with Gasteiger partial charge >= 0.3 is 0 Å². The van der Waals surface area contributed by atoms with Gasteiger partial charge in [0.05, 0.1) is 0 Å². The lowest BCUT2D eigenvalue weighted by Gasteiger charge is -2.34. The van der Waals surface area contributed by atoms with E-state index in [1.54, 1.807) is 0 Å². The third kappa shape index (κ3) is 1.84. The molecule has 2 atom stereocenters. The Morgan fingerprint density at radius 2 is 2.08 bits per heavy atom. The van der Waals surface area contributed by atoms with Gasteiger partial charge in [-0.2, -0.15) is 0 Å². The van der Waals surface area contributed by atoms with Gasteiger partial charge in [0.1, 0.15) is 6.23 Å². The van der Waals surface area contributed by atoms with Crippen molar-refractivity contribution < 1.29 is 9.90 Å².